The summed E-state index contributed by atoms with van der Waals surface area (Å²) >= 11 is 0. The molecule has 0 fully saturated rings. The predicted octanol–water partition coefficient (Wildman–Crippen LogP) is 3.23. The van der Waals surface area contributed by atoms with Gasteiger partial charge in [0.1, 0.15) is 11.6 Å². The molecule has 1 aromatic rings. The third-order valence-corrected chi connectivity index (χ3v) is 2.72. The lowest BCUT2D eigenvalue weighted by Crippen LogP contribution is -2.20. The molecule has 0 amide bonds. The van der Waals surface area contributed by atoms with Crippen LogP contribution in [0.4, 0.5) is 4.39 Å². The number of rotatable bonds is 4. The van der Waals surface area contributed by atoms with Crippen LogP contribution in [-0.2, 0) is 11.2 Å². The van der Waals surface area contributed by atoms with Gasteiger partial charge in [0.2, 0.25) is 0 Å². The second-order valence-corrected chi connectivity index (χ2v) is 4.26. The van der Waals surface area contributed by atoms with Gasteiger partial charge >= 0.3 is 0 Å². The maximum absolute atomic E-state index is 13.4. The van der Waals surface area contributed by atoms with Crippen molar-refractivity contribution in [3.63, 3.8) is 0 Å². The first kappa shape index (κ1) is 11.9. The van der Waals surface area contributed by atoms with Crippen molar-refractivity contribution in [3.8, 4) is 0 Å². The van der Waals surface area contributed by atoms with Gasteiger partial charge in [-0.3, -0.25) is 4.79 Å². The Labute approximate surface area is 90.3 Å². The Bertz CT molecular complexity index is 344. The van der Waals surface area contributed by atoms with Crippen molar-refractivity contribution in [2.45, 2.75) is 27.2 Å². The van der Waals surface area contributed by atoms with Gasteiger partial charge in [-0.25, -0.2) is 4.39 Å². The molecule has 1 rings (SSSR count). The Morgan fingerprint density at radius 2 is 1.93 bits per heavy atom. The third-order valence-electron chi connectivity index (χ3n) is 2.72. The van der Waals surface area contributed by atoms with Crippen LogP contribution >= 0.6 is 0 Å². The Balaban J connectivity index is 2.84. The minimum atomic E-state index is -0.218. The van der Waals surface area contributed by atoms with Gasteiger partial charge in [-0.05, 0) is 30.9 Å². The zero-order valence-corrected chi connectivity index (χ0v) is 9.46. The van der Waals surface area contributed by atoms with Crippen molar-refractivity contribution in [1.29, 1.82) is 0 Å². The maximum atomic E-state index is 13.4. The molecule has 82 valence electrons. The molecule has 0 radical (unpaired) electrons. The fourth-order valence-electron chi connectivity index (χ4n) is 1.75. The second kappa shape index (κ2) is 5.06. The lowest BCUT2D eigenvalue weighted by Gasteiger charge is -2.17. The summed E-state index contributed by atoms with van der Waals surface area (Å²) in [4.78, 5) is 11.4. The number of hydrogen-bond acceptors (Lipinski definition) is 1. The molecule has 0 spiro atoms. The van der Waals surface area contributed by atoms with Crippen molar-refractivity contribution >= 4 is 5.78 Å². The normalized spacial score (nSPS) is 12.9. The molecule has 0 aliphatic heterocycles. The van der Waals surface area contributed by atoms with E-state index in [1.807, 2.05) is 13.8 Å². The third kappa shape index (κ3) is 3.15. The summed E-state index contributed by atoms with van der Waals surface area (Å²) in [7, 11) is 0. The molecule has 1 unspecified atom stereocenters. The summed E-state index contributed by atoms with van der Waals surface area (Å²) in [6.45, 7) is 5.56. The molecule has 0 heterocycles. The standard InChI is InChI=1S/C13H17FO/c1-9(2)12(10(3)15)8-11-6-4-5-7-13(11)14/h4-7,9,12H,8H2,1-3H3. The van der Waals surface area contributed by atoms with Crippen LogP contribution in [0.5, 0.6) is 0 Å². The van der Waals surface area contributed by atoms with Crippen LogP contribution in [0.15, 0.2) is 24.3 Å². The van der Waals surface area contributed by atoms with Gasteiger partial charge in [0, 0.05) is 5.92 Å². The smallest absolute Gasteiger partial charge is 0.133 e. The fraction of sp³-hybridized carbons (Fsp3) is 0.462. The average Bonchev–Trinajstić information content (AvgIpc) is 2.15. The first-order valence-corrected chi connectivity index (χ1v) is 5.26. The molecule has 0 aliphatic rings. The van der Waals surface area contributed by atoms with Crippen LogP contribution in [0.3, 0.4) is 0 Å². The van der Waals surface area contributed by atoms with Crippen LogP contribution < -0.4 is 0 Å². The number of hydrogen-bond donors (Lipinski definition) is 0. The molecule has 15 heavy (non-hydrogen) atoms. The highest BCUT2D eigenvalue weighted by Crippen LogP contribution is 2.19. The Morgan fingerprint density at radius 3 is 2.40 bits per heavy atom. The number of carbonyl (C=O) groups excluding carboxylic acids is 1. The zero-order chi connectivity index (χ0) is 11.4. The fourth-order valence-corrected chi connectivity index (χ4v) is 1.75. The van der Waals surface area contributed by atoms with Crippen LogP contribution in [0.2, 0.25) is 0 Å². The van der Waals surface area contributed by atoms with Crippen molar-refractivity contribution in [2.75, 3.05) is 0 Å². The Kier molecular flexibility index (Phi) is 4.01. The zero-order valence-electron chi connectivity index (χ0n) is 9.46. The van der Waals surface area contributed by atoms with Gasteiger partial charge in [0.05, 0.1) is 0 Å². The molecular weight excluding hydrogens is 191 g/mol. The number of Topliss-reactive ketones (excluding diaryl/α,β-unsaturated/α-hetero) is 1. The van der Waals surface area contributed by atoms with E-state index in [4.69, 9.17) is 0 Å². The van der Waals surface area contributed by atoms with E-state index in [9.17, 15) is 9.18 Å². The number of halogens is 1. The van der Waals surface area contributed by atoms with Gasteiger partial charge in [-0.2, -0.15) is 0 Å². The molecule has 0 bridgehead atoms. The summed E-state index contributed by atoms with van der Waals surface area (Å²) < 4.78 is 13.4. The minimum Gasteiger partial charge on any atom is -0.300 e. The van der Waals surface area contributed by atoms with Crippen molar-refractivity contribution in [2.24, 2.45) is 11.8 Å². The van der Waals surface area contributed by atoms with Crippen molar-refractivity contribution in [1.82, 2.24) is 0 Å². The highest BCUT2D eigenvalue weighted by molar-refractivity contribution is 5.78. The van der Waals surface area contributed by atoms with Gasteiger partial charge < -0.3 is 0 Å². The molecule has 1 atom stereocenters. The largest absolute Gasteiger partial charge is 0.300 e. The number of carbonyl (C=O) groups is 1. The second-order valence-electron chi connectivity index (χ2n) is 4.26. The molecule has 0 saturated heterocycles. The maximum Gasteiger partial charge on any atom is 0.133 e. The summed E-state index contributed by atoms with van der Waals surface area (Å²) in [5.41, 5.74) is 0.631. The van der Waals surface area contributed by atoms with Crippen molar-refractivity contribution < 1.29 is 9.18 Å². The van der Waals surface area contributed by atoms with Crippen LogP contribution in [0, 0.1) is 17.7 Å². The predicted molar refractivity (Wildman–Crippen MR) is 59.1 cm³/mol. The van der Waals surface area contributed by atoms with Gasteiger partial charge in [0.15, 0.2) is 0 Å². The molecule has 0 saturated carbocycles. The molecule has 2 heteroatoms. The molecular formula is C13H17FO. The topological polar surface area (TPSA) is 17.1 Å². The number of ketones is 1. The first-order valence-electron chi connectivity index (χ1n) is 5.26. The Morgan fingerprint density at radius 1 is 1.33 bits per heavy atom. The average molecular weight is 208 g/mol. The van der Waals surface area contributed by atoms with Crippen LogP contribution in [0.25, 0.3) is 0 Å². The van der Waals surface area contributed by atoms with Gasteiger partial charge in [-0.15, -0.1) is 0 Å². The summed E-state index contributed by atoms with van der Waals surface area (Å²) in [6, 6.07) is 6.65. The SMILES string of the molecule is CC(=O)C(Cc1ccccc1F)C(C)C. The van der Waals surface area contributed by atoms with E-state index in [2.05, 4.69) is 0 Å². The van der Waals surface area contributed by atoms with E-state index in [0.29, 0.717) is 12.0 Å². The van der Waals surface area contributed by atoms with Crippen LogP contribution in [-0.4, -0.2) is 5.78 Å². The van der Waals surface area contributed by atoms with E-state index in [1.54, 1.807) is 25.1 Å². The molecule has 1 aromatic carbocycles. The highest BCUT2D eigenvalue weighted by Gasteiger charge is 2.19. The quantitative estimate of drug-likeness (QED) is 0.742. The van der Waals surface area contributed by atoms with Crippen LogP contribution in [0.1, 0.15) is 26.3 Å². The van der Waals surface area contributed by atoms with Gasteiger partial charge in [0.25, 0.3) is 0 Å². The lowest BCUT2D eigenvalue weighted by molar-refractivity contribution is -0.121. The highest BCUT2D eigenvalue weighted by atomic mass is 19.1. The molecule has 0 N–H and O–H groups in total. The van der Waals surface area contributed by atoms with E-state index in [1.165, 1.54) is 6.07 Å². The number of benzene rings is 1. The van der Waals surface area contributed by atoms with E-state index in [0.717, 1.165) is 0 Å². The molecule has 0 aromatic heterocycles. The van der Waals surface area contributed by atoms with Crippen molar-refractivity contribution in [3.05, 3.63) is 35.6 Å². The van der Waals surface area contributed by atoms with E-state index in [-0.39, 0.29) is 23.4 Å². The van der Waals surface area contributed by atoms with E-state index >= 15 is 0 Å². The summed E-state index contributed by atoms with van der Waals surface area (Å²) in [6.07, 6.45) is 0.500. The monoisotopic (exact) mass is 208 g/mol. The lowest BCUT2D eigenvalue weighted by atomic mass is 9.86. The summed E-state index contributed by atoms with van der Waals surface area (Å²) in [5, 5.41) is 0. The minimum absolute atomic E-state index is 0.0816. The first-order chi connectivity index (χ1) is 7.02. The Hall–Kier alpha value is -1.18. The van der Waals surface area contributed by atoms with E-state index < -0.39 is 0 Å². The van der Waals surface area contributed by atoms with Gasteiger partial charge in [-0.1, -0.05) is 32.0 Å². The molecule has 0 aliphatic carbocycles. The molecule has 1 nitrogen and oxygen atoms in total. The summed E-state index contributed by atoms with van der Waals surface area (Å²) in [5.74, 6) is 0.0849.